The van der Waals surface area contributed by atoms with Crippen LogP contribution in [0.25, 0.3) is 0 Å². The van der Waals surface area contributed by atoms with Gasteiger partial charge in [0.05, 0.1) is 12.7 Å². The molecule has 1 rings (SSSR count). The standard InChI is InChI=1S/C3H7BO2/c1-3-2-5-4-6-3/h3-4H,2H2,1H3. The summed E-state index contributed by atoms with van der Waals surface area (Å²) in [6, 6.07) is 0. The highest BCUT2D eigenvalue weighted by Crippen LogP contribution is 1.96. The Labute approximate surface area is 37.7 Å². The molecule has 6 heavy (non-hydrogen) atoms. The number of hydrogen-bond donors (Lipinski definition) is 0. The second-order valence-corrected chi connectivity index (χ2v) is 1.47. The highest BCUT2D eigenvalue weighted by Gasteiger charge is 2.09. The van der Waals surface area contributed by atoms with Crippen LogP contribution in [0.1, 0.15) is 6.92 Å². The van der Waals surface area contributed by atoms with Crippen LogP contribution in [0.5, 0.6) is 0 Å². The first-order valence-corrected chi connectivity index (χ1v) is 2.09. The second kappa shape index (κ2) is 1.62. The van der Waals surface area contributed by atoms with Gasteiger partial charge in [0.1, 0.15) is 0 Å². The molecule has 1 atom stereocenters. The zero-order chi connectivity index (χ0) is 4.41. The summed E-state index contributed by atoms with van der Waals surface area (Å²) in [7, 11) is 0.487. The van der Waals surface area contributed by atoms with Crippen molar-refractivity contribution in [1.82, 2.24) is 0 Å². The van der Waals surface area contributed by atoms with Crippen LogP contribution < -0.4 is 0 Å². The van der Waals surface area contributed by atoms with Crippen LogP contribution in [0.2, 0.25) is 0 Å². The highest BCUT2D eigenvalue weighted by atomic mass is 16.6. The Morgan fingerprint density at radius 1 is 1.83 bits per heavy atom. The lowest BCUT2D eigenvalue weighted by Crippen LogP contribution is -2.00. The maximum Gasteiger partial charge on any atom is 0.438 e. The van der Waals surface area contributed by atoms with E-state index in [1.165, 1.54) is 0 Å². The third-order valence-corrected chi connectivity index (χ3v) is 0.788. The van der Waals surface area contributed by atoms with Gasteiger partial charge in [0.15, 0.2) is 0 Å². The largest absolute Gasteiger partial charge is 0.438 e. The second-order valence-electron chi connectivity index (χ2n) is 1.47. The molecule has 3 heteroatoms. The average molecular weight is 85.9 g/mol. The zero-order valence-electron chi connectivity index (χ0n) is 3.81. The van der Waals surface area contributed by atoms with E-state index in [2.05, 4.69) is 0 Å². The van der Waals surface area contributed by atoms with E-state index in [1.54, 1.807) is 0 Å². The molecule has 34 valence electrons. The lowest BCUT2D eigenvalue weighted by Gasteiger charge is -1.92. The van der Waals surface area contributed by atoms with Crippen LogP contribution >= 0.6 is 0 Å². The van der Waals surface area contributed by atoms with E-state index >= 15 is 0 Å². The Balaban J connectivity index is 2.18. The zero-order valence-corrected chi connectivity index (χ0v) is 3.81. The molecule has 0 N–H and O–H groups in total. The summed E-state index contributed by atoms with van der Waals surface area (Å²) in [5.41, 5.74) is 0. The van der Waals surface area contributed by atoms with Crippen LogP contribution in [0.15, 0.2) is 0 Å². The monoisotopic (exact) mass is 86.1 g/mol. The van der Waals surface area contributed by atoms with Gasteiger partial charge in [0.25, 0.3) is 0 Å². The smallest absolute Gasteiger partial charge is 0.411 e. The summed E-state index contributed by atoms with van der Waals surface area (Å²) in [5, 5.41) is 0. The quantitative estimate of drug-likeness (QED) is 0.376. The number of rotatable bonds is 0. The Bertz CT molecular complexity index is 42.1. The molecule has 1 aliphatic rings. The Morgan fingerprint density at radius 2 is 2.67 bits per heavy atom. The van der Waals surface area contributed by atoms with Crippen molar-refractivity contribution in [2.75, 3.05) is 6.61 Å². The van der Waals surface area contributed by atoms with Crippen molar-refractivity contribution in [2.24, 2.45) is 0 Å². The normalized spacial score (nSPS) is 33.2. The van der Waals surface area contributed by atoms with Gasteiger partial charge in [-0.3, -0.25) is 0 Å². The van der Waals surface area contributed by atoms with Crippen molar-refractivity contribution < 1.29 is 9.31 Å². The fourth-order valence-corrected chi connectivity index (χ4v) is 0.426. The molecule has 0 saturated carbocycles. The fraction of sp³-hybridized carbons (Fsp3) is 1.00. The average Bonchev–Trinajstić information content (AvgIpc) is 1.86. The predicted octanol–water partition coefficient (Wildman–Crippen LogP) is -0.312. The van der Waals surface area contributed by atoms with Crippen molar-refractivity contribution in [3.63, 3.8) is 0 Å². The van der Waals surface area contributed by atoms with Crippen LogP contribution in [0, 0.1) is 0 Å². The van der Waals surface area contributed by atoms with Gasteiger partial charge in [-0.25, -0.2) is 0 Å². The van der Waals surface area contributed by atoms with E-state index in [4.69, 9.17) is 9.31 Å². The lowest BCUT2D eigenvalue weighted by molar-refractivity contribution is 0.260. The van der Waals surface area contributed by atoms with E-state index in [1.807, 2.05) is 6.92 Å². The topological polar surface area (TPSA) is 18.5 Å². The lowest BCUT2D eigenvalue weighted by atomic mass is 10.4. The van der Waals surface area contributed by atoms with E-state index < -0.39 is 0 Å². The molecular formula is C3H7BO2. The van der Waals surface area contributed by atoms with Crippen LogP contribution in [-0.4, -0.2) is 20.4 Å². The minimum Gasteiger partial charge on any atom is -0.411 e. The van der Waals surface area contributed by atoms with E-state index in [9.17, 15) is 0 Å². The number of hydrogen-bond acceptors (Lipinski definition) is 2. The first kappa shape index (κ1) is 4.15. The molecule has 0 aromatic carbocycles. The third-order valence-electron chi connectivity index (χ3n) is 0.788. The molecule has 0 bridgehead atoms. The maximum atomic E-state index is 4.93. The van der Waals surface area contributed by atoms with Crippen molar-refractivity contribution >= 4 is 7.69 Å². The molecule has 0 amide bonds. The van der Waals surface area contributed by atoms with Crippen molar-refractivity contribution in [1.29, 1.82) is 0 Å². The summed E-state index contributed by atoms with van der Waals surface area (Å²) in [5.74, 6) is 0. The molecule has 1 heterocycles. The van der Waals surface area contributed by atoms with Crippen LogP contribution in [-0.2, 0) is 9.31 Å². The van der Waals surface area contributed by atoms with Gasteiger partial charge < -0.3 is 9.31 Å². The molecular weight excluding hydrogens is 78.8 g/mol. The van der Waals surface area contributed by atoms with Gasteiger partial charge in [-0.2, -0.15) is 0 Å². The van der Waals surface area contributed by atoms with E-state index in [0.29, 0.717) is 13.8 Å². The highest BCUT2D eigenvalue weighted by molar-refractivity contribution is 6.18. The molecule has 0 spiro atoms. The first-order chi connectivity index (χ1) is 2.89. The summed E-state index contributed by atoms with van der Waals surface area (Å²) < 4.78 is 9.77. The van der Waals surface area contributed by atoms with Crippen molar-refractivity contribution in [3.8, 4) is 0 Å². The Hall–Kier alpha value is -0.0151. The van der Waals surface area contributed by atoms with Gasteiger partial charge in [0, 0.05) is 0 Å². The minimum absolute atomic E-state index is 0.324. The predicted molar refractivity (Wildman–Crippen MR) is 23.6 cm³/mol. The van der Waals surface area contributed by atoms with Crippen molar-refractivity contribution in [3.05, 3.63) is 0 Å². The summed E-state index contributed by atoms with van der Waals surface area (Å²) in [4.78, 5) is 0. The van der Waals surface area contributed by atoms with Gasteiger partial charge in [-0.05, 0) is 6.92 Å². The van der Waals surface area contributed by atoms with Gasteiger partial charge in [-0.1, -0.05) is 0 Å². The Morgan fingerprint density at radius 3 is 2.83 bits per heavy atom. The minimum atomic E-state index is 0.324. The van der Waals surface area contributed by atoms with Crippen LogP contribution in [0.4, 0.5) is 0 Å². The summed E-state index contributed by atoms with van der Waals surface area (Å²) >= 11 is 0. The molecule has 1 aliphatic heterocycles. The molecule has 1 saturated heterocycles. The summed E-state index contributed by atoms with van der Waals surface area (Å²) in [6.07, 6.45) is 0.324. The summed E-state index contributed by atoms with van der Waals surface area (Å²) in [6.45, 7) is 2.76. The van der Waals surface area contributed by atoms with Crippen LogP contribution in [0.3, 0.4) is 0 Å². The van der Waals surface area contributed by atoms with Gasteiger partial charge in [-0.15, -0.1) is 0 Å². The molecule has 1 unspecified atom stereocenters. The van der Waals surface area contributed by atoms with Gasteiger partial charge >= 0.3 is 7.69 Å². The van der Waals surface area contributed by atoms with E-state index in [-0.39, 0.29) is 0 Å². The third kappa shape index (κ3) is 0.728. The first-order valence-electron chi connectivity index (χ1n) is 2.09. The van der Waals surface area contributed by atoms with Gasteiger partial charge in [0.2, 0.25) is 0 Å². The fourth-order valence-electron chi connectivity index (χ4n) is 0.426. The molecule has 1 fully saturated rings. The molecule has 2 nitrogen and oxygen atoms in total. The molecule has 0 aromatic rings. The molecule has 0 aliphatic carbocycles. The SMILES string of the molecule is CC1COBO1. The molecule has 0 aromatic heterocycles. The van der Waals surface area contributed by atoms with E-state index in [0.717, 1.165) is 6.61 Å². The Kier molecular flexibility index (Phi) is 1.12. The maximum absolute atomic E-state index is 4.93. The van der Waals surface area contributed by atoms with Crippen molar-refractivity contribution in [2.45, 2.75) is 13.0 Å². The molecule has 0 radical (unpaired) electrons.